The van der Waals surface area contributed by atoms with Crippen molar-refractivity contribution in [1.82, 2.24) is 10.3 Å². The molecule has 0 saturated carbocycles. The maximum absolute atomic E-state index is 11.2. The maximum Gasteiger partial charge on any atom is 0.354 e. The van der Waals surface area contributed by atoms with Gasteiger partial charge in [-0.1, -0.05) is 0 Å². The van der Waals surface area contributed by atoms with Gasteiger partial charge in [0.05, 0.1) is 12.6 Å². The average Bonchev–Trinajstić information content (AvgIpc) is 2.74. The van der Waals surface area contributed by atoms with Crippen molar-refractivity contribution in [2.24, 2.45) is 5.73 Å². The van der Waals surface area contributed by atoms with Gasteiger partial charge in [0.1, 0.15) is 5.69 Å². The van der Waals surface area contributed by atoms with Crippen LogP contribution in [0, 0.1) is 0 Å². The van der Waals surface area contributed by atoms with Crippen LogP contribution in [0.4, 0.5) is 0 Å². The summed E-state index contributed by atoms with van der Waals surface area (Å²) in [6, 6.07) is 3.37. The predicted molar refractivity (Wildman–Crippen MR) is 62.2 cm³/mol. The molecule has 17 heavy (non-hydrogen) atoms. The van der Waals surface area contributed by atoms with Gasteiger partial charge in [0.15, 0.2) is 0 Å². The van der Waals surface area contributed by atoms with E-state index in [9.17, 15) is 9.59 Å². The molecule has 0 radical (unpaired) electrons. The van der Waals surface area contributed by atoms with Crippen LogP contribution in [0.5, 0.6) is 0 Å². The van der Waals surface area contributed by atoms with Crippen molar-refractivity contribution in [2.75, 3.05) is 7.11 Å². The second kappa shape index (κ2) is 5.01. The Bertz CT molecular complexity index is 423. The third-order valence-corrected chi connectivity index (χ3v) is 2.49. The number of hydrogen-bond donors (Lipinski definition) is 3. The van der Waals surface area contributed by atoms with E-state index in [1.165, 1.54) is 7.11 Å². The number of methoxy groups -OCH3 is 1. The molecule has 1 aromatic heterocycles. The first-order chi connectivity index (χ1) is 7.86. The van der Waals surface area contributed by atoms with Gasteiger partial charge in [-0.05, 0) is 26.0 Å². The van der Waals surface area contributed by atoms with Crippen LogP contribution in [0.2, 0.25) is 0 Å². The second-order valence-corrected chi connectivity index (χ2v) is 4.23. The van der Waals surface area contributed by atoms with E-state index in [0.29, 0.717) is 12.2 Å². The Morgan fingerprint density at radius 1 is 1.47 bits per heavy atom. The van der Waals surface area contributed by atoms with Crippen molar-refractivity contribution < 1.29 is 14.3 Å². The molecule has 1 aromatic rings. The number of esters is 1. The highest BCUT2D eigenvalue weighted by Gasteiger charge is 2.23. The number of hydrogen-bond acceptors (Lipinski definition) is 4. The number of carbonyl (C=O) groups excluding carboxylic acids is 2. The molecule has 0 saturated heterocycles. The fourth-order valence-electron chi connectivity index (χ4n) is 1.18. The normalized spacial score (nSPS) is 11.2. The summed E-state index contributed by atoms with van der Waals surface area (Å²) in [5, 5.41) is 2.99. The van der Waals surface area contributed by atoms with E-state index >= 15 is 0 Å². The van der Waals surface area contributed by atoms with Crippen molar-refractivity contribution in [1.29, 1.82) is 0 Å². The highest BCUT2D eigenvalue weighted by Crippen LogP contribution is 2.06. The van der Waals surface area contributed by atoms with Crippen LogP contribution >= 0.6 is 0 Å². The molecule has 0 aliphatic heterocycles. The van der Waals surface area contributed by atoms with Crippen molar-refractivity contribution in [3.8, 4) is 0 Å². The smallest absolute Gasteiger partial charge is 0.354 e. The van der Waals surface area contributed by atoms with Gasteiger partial charge in [-0.25, -0.2) is 4.79 Å². The van der Waals surface area contributed by atoms with Crippen molar-refractivity contribution in [3.63, 3.8) is 0 Å². The third-order valence-electron chi connectivity index (χ3n) is 2.49. The fourth-order valence-corrected chi connectivity index (χ4v) is 1.18. The number of amides is 1. The molecular weight excluding hydrogens is 222 g/mol. The van der Waals surface area contributed by atoms with E-state index in [1.54, 1.807) is 26.0 Å². The van der Waals surface area contributed by atoms with Crippen LogP contribution in [0.25, 0.3) is 0 Å². The van der Waals surface area contributed by atoms with Crippen LogP contribution in [0.3, 0.4) is 0 Å². The molecule has 1 amide bonds. The molecule has 1 rings (SSSR count). The topological polar surface area (TPSA) is 97.2 Å². The number of ether oxygens (including phenoxy) is 1. The number of nitrogens with one attached hydrogen (secondary N) is 2. The van der Waals surface area contributed by atoms with E-state index in [4.69, 9.17) is 5.73 Å². The van der Waals surface area contributed by atoms with Crippen molar-refractivity contribution in [3.05, 3.63) is 23.5 Å². The fraction of sp³-hybridized carbons (Fsp3) is 0.455. The molecule has 0 atom stereocenters. The van der Waals surface area contributed by atoms with Gasteiger partial charge < -0.3 is 15.5 Å². The van der Waals surface area contributed by atoms with E-state index in [2.05, 4.69) is 15.0 Å². The van der Waals surface area contributed by atoms with Gasteiger partial charge >= 0.3 is 5.97 Å². The number of H-pyrrole nitrogens is 1. The van der Waals surface area contributed by atoms with E-state index in [1.807, 2.05) is 0 Å². The standard InChI is InChI=1S/C11H17N3O3/c1-11(2,10(12)16)13-6-7-4-5-8(14-7)9(15)17-3/h4-5,13-14H,6H2,1-3H3,(H2,12,16). The van der Waals surface area contributed by atoms with Crippen LogP contribution < -0.4 is 11.1 Å². The monoisotopic (exact) mass is 239 g/mol. The summed E-state index contributed by atoms with van der Waals surface area (Å²) in [4.78, 5) is 25.2. The quantitative estimate of drug-likeness (QED) is 0.637. The molecule has 0 unspecified atom stereocenters. The maximum atomic E-state index is 11.2. The lowest BCUT2D eigenvalue weighted by Crippen LogP contribution is -2.50. The first-order valence-corrected chi connectivity index (χ1v) is 5.18. The second-order valence-electron chi connectivity index (χ2n) is 4.23. The van der Waals surface area contributed by atoms with Gasteiger partial charge in [-0.2, -0.15) is 0 Å². The van der Waals surface area contributed by atoms with Gasteiger partial charge in [0.25, 0.3) is 0 Å². The van der Waals surface area contributed by atoms with E-state index < -0.39 is 17.4 Å². The summed E-state index contributed by atoms with van der Waals surface area (Å²) >= 11 is 0. The molecule has 6 heteroatoms. The lowest BCUT2D eigenvalue weighted by atomic mass is 10.1. The number of carbonyl (C=O) groups is 2. The molecule has 0 aliphatic carbocycles. The minimum Gasteiger partial charge on any atom is -0.464 e. The molecule has 0 aromatic carbocycles. The van der Waals surface area contributed by atoms with Crippen LogP contribution in [0.15, 0.2) is 12.1 Å². The Balaban J connectivity index is 2.62. The summed E-state index contributed by atoms with van der Waals surface area (Å²) in [5.41, 5.74) is 5.58. The number of aromatic amines is 1. The Labute approximate surface area is 99.5 Å². The van der Waals surface area contributed by atoms with E-state index in [0.717, 1.165) is 5.69 Å². The summed E-state index contributed by atoms with van der Waals surface area (Å²) in [6.45, 7) is 3.80. The molecule has 1 heterocycles. The third kappa shape index (κ3) is 3.32. The molecule has 0 fully saturated rings. The SMILES string of the molecule is COC(=O)c1ccc(CNC(C)(C)C(N)=O)[nH]1. The average molecular weight is 239 g/mol. The molecule has 6 nitrogen and oxygen atoms in total. The van der Waals surface area contributed by atoms with Gasteiger partial charge in [0, 0.05) is 12.2 Å². The minimum absolute atomic E-state index is 0.376. The Kier molecular flexibility index (Phi) is 3.90. The minimum atomic E-state index is -0.795. The van der Waals surface area contributed by atoms with Crippen LogP contribution in [-0.4, -0.2) is 29.5 Å². The zero-order valence-corrected chi connectivity index (χ0v) is 10.2. The first-order valence-electron chi connectivity index (χ1n) is 5.18. The highest BCUT2D eigenvalue weighted by molar-refractivity contribution is 5.87. The van der Waals surface area contributed by atoms with Crippen molar-refractivity contribution >= 4 is 11.9 Å². The molecule has 0 bridgehead atoms. The summed E-state index contributed by atoms with van der Waals surface area (Å²) in [5.74, 6) is -0.859. The summed E-state index contributed by atoms with van der Waals surface area (Å²) in [6.07, 6.45) is 0. The van der Waals surface area contributed by atoms with Crippen LogP contribution in [-0.2, 0) is 16.1 Å². The zero-order chi connectivity index (χ0) is 13.1. The summed E-state index contributed by atoms with van der Waals surface area (Å²) < 4.78 is 4.57. The van der Waals surface area contributed by atoms with E-state index in [-0.39, 0.29) is 0 Å². The van der Waals surface area contributed by atoms with Crippen molar-refractivity contribution in [2.45, 2.75) is 25.9 Å². The molecule has 0 spiro atoms. The Morgan fingerprint density at radius 2 is 2.12 bits per heavy atom. The lowest BCUT2D eigenvalue weighted by molar-refractivity contribution is -0.123. The number of rotatable bonds is 5. The summed E-state index contributed by atoms with van der Waals surface area (Å²) in [7, 11) is 1.32. The molecular formula is C11H17N3O3. The van der Waals surface area contributed by atoms with Gasteiger partial charge in [-0.15, -0.1) is 0 Å². The van der Waals surface area contributed by atoms with Gasteiger partial charge in [-0.3, -0.25) is 10.1 Å². The highest BCUT2D eigenvalue weighted by atomic mass is 16.5. The lowest BCUT2D eigenvalue weighted by Gasteiger charge is -2.21. The Morgan fingerprint density at radius 3 is 2.65 bits per heavy atom. The Hall–Kier alpha value is -1.82. The molecule has 0 aliphatic rings. The van der Waals surface area contributed by atoms with Crippen LogP contribution in [0.1, 0.15) is 30.0 Å². The molecule has 4 N–H and O–H groups in total. The van der Waals surface area contributed by atoms with Gasteiger partial charge in [0.2, 0.25) is 5.91 Å². The zero-order valence-electron chi connectivity index (χ0n) is 10.2. The first kappa shape index (κ1) is 13.2. The molecule has 94 valence electrons. The number of primary amides is 1. The number of nitrogens with two attached hydrogens (primary N) is 1. The largest absolute Gasteiger partial charge is 0.464 e. The predicted octanol–water partition coefficient (Wildman–Crippen LogP) is 0.155. The number of aromatic nitrogens is 1.